The van der Waals surface area contributed by atoms with Gasteiger partial charge in [-0.3, -0.25) is 14.5 Å². The summed E-state index contributed by atoms with van der Waals surface area (Å²) in [4.78, 5) is 24.9. The number of guanidine groups is 1. The van der Waals surface area contributed by atoms with Gasteiger partial charge in [0, 0.05) is 31.6 Å². The van der Waals surface area contributed by atoms with Crippen molar-refractivity contribution < 1.29 is 13.2 Å². The van der Waals surface area contributed by atoms with E-state index in [1.807, 2.05) is 0 Å². The van der Waals surface area contributed by atoms with Gasteiger partial charge in [-0.2, -0.15) is 0 Å². The highest BCUT2D eigenvalue weighted by atomic mass is 32.2. The molecule has 10 heteroatoms. The van der Waals surface area contributed by atoms with Gasteiger partial charge in [0.15, 0.2) is 0 Å². The van der Waals surface area contributed by atoms with Crippen LogP contribution < -0.4 is 20.3 Å². The molecule has 3 heterocycles. The number of nitrogens with zero attached hydrogens (tertiary/aromatic N) is 3. The molecule has 1 amide bonds. The number of piperidine rings is 1. The third-order valence-corrected chi connectivity index (χ3v) is 7.81. The molecule has 3 aliphatic heterocycles. The summed E-state index contributed by atoms with van der Waals surface area (Å²) in [5.41, 5.74) is 1.41. The van der Waals surface area contributed by atoms with Crippen molar-refractivity contribution in [1.82, 2.24) is 10.6 Å². The monoisotopic (exact) mass is 500 g/mol. The fraction of sp³-hybridized carbons (Fsp3) is 0.560. The highest BCUT2D eigenvalue weighted by Crippen LogP contribution is 2.31. The van der Waals surface area contributed by atoms with Crippen LogP contribution in [-0.4, -0.2) is 57.0 Å². The van der Waals surface area contributed by atoms with Crippen molar-refractivity contribution in [3.8, 4) is 0 Å². The Kier molecular flexibility index (Phi) is 7.49. The maximum atomic E-state index is 13.5. The van der Waals surface area contributed by atoms with Crippen molar-refractivity contribution in [3.05, 3.63) is 35.9 Å². The highest BCUT2D eigenvalue weighted by Gasteiger charge is 2.29. The van der Waals surface area contributed by atoms with E-state index in [0.717, 1.165) is 44.5 Å². The minimum atomic E-state index is -3.43. The second-order valence-corrected chi connectivity index (χ2v) is 12.1. The Labute approximate surface area is 208 Å². The van der Waals surface area contributed by atoms with Gasteiger partial charge in [-0.1, -0.05) is 12.2 Å². The molecule has 190 valence electrons. The molecule has 9 nitrogen and oxygen atoms in total. The number of hydrogen-bond donors (Lipinski definition) is 3. The first-order valence-electron chi connectivity index (χ1n) is 12.4. The van der Waals surface area contributed by atoms with Crippen LogP contribution in [0.15, 0.2) is 40.3 Å². The molecule has 1 saturated heterocycles. The maximum absolute atomic E-state index is 13.5. The minimum absolute atomic E-state index is 0.0176. The lowest BCUT2D eigenvalue weighted by Crippen LogP contribution is -2.52. The fourth-order valence-corrected chi connectivity index (χ4v) is 5.36. The van der Waals surface area contributed by atoms with Gasteiger partial charge < -0.3 is 15.5 Å². The number of carbonyl (C=O) groups is 1. The molecule has 1 unspecified atom stereocenters. The Morgan fingerprint density at radius 2 is 2.09 bits per heavy atom. The number of rotatable bonds is 3. The number of carbonyl (C=O) groups excluding carboxylic acids is 1. The number of nitrogens with one attached hydrogen (secondary N) is 3. The summed E-state index contributed by atoms with van der Waals surface area (Å²) in [7, 11) is -3.43. The Morgan fingerprint density at radius 1 is 1.26 bits per heavy atom. The summed E-state index contributed by atoms with van der Waals surface area (Å²) in [5.74, 6) is 1.30. The Morgan fingerprint density at radius 3 is 2.89 bits per heavy atom. The number of fused-ring (bicyclic) bond motifs is 5. The van der Waals surface area contributed by atoms with Crippen molar-refractivity contribution in [1.29, 1.82) is 0 Å². The highest BCUT2D eigenvalue weighted by molar-refractivity contribution is 7.92. The number of aliphatic imine (C=N–C) groups is 2. The maximum Gasteiger partial charge on any atom is 0.258 e. The fourth-order valence-electron chi connectivity index (χ4n) is 4.73. The van der Waals surface area contributed by atoms with Crippen molar-refractivity contribution in [2.75, 3.05) is 35.0 Å². The van der Waals surface area contributed by atoms with Gasteiger partial charge >= 0.3 is 0 Å². The zero-order chi connectivity index (χ0) is 25.1. The summed E-state index contributed by atoms with van der Waals surface area (Å²) < 4.78 is 27.0. The summed E-state index contributed by atoms with van der Waals surface area (Å²) in [6.45, 7) is 7.97. The number of allylic oxidation sites excluding steroid dienone is 1. The van der Waals surface area contributed by atoms with Gasteiger partial charge in [-0.05, 0) is 70.6 Å². The van der Waals surface area contributed by atoms with E-state index in [-0.39, 0.29) is 17.2 Å². The van der Waals surface area contributed by atoms with Gasteiger partial charge in [0.2, 0.25) is 16.0 Å². The van der Waals surface area contributed by atoms with Crippen LogP contribution in [0.25, 0.3) is 0 Å². The van der Waals surface area contributed by atoms with Gasteiger partial charge in [-0.25, -0.2) is 13.4 Å². The van der Waals surface area contributed by atoms with Gasteiger partial charge in [0.05, 0.1) is 22.7 Å². The number of amidine groups is 1. The molecule has 4 rings (SSSR count). The minimum Gasteiger partial charge on any atom is -0.371 e. The van der Waals surface area contributed by atoms with Crippen LogP contribution in [0.2, 0.25) is 0 Å². The number of benzene rings is 1. The van der Waals surface area contributed by atoms with E-state index < -0.39 is 10.0 Å². The quantitative estimate of drug-likeness (QED) is 0.551. The molecular formula is C25H36N6O3S. The second kappa shape index (κ2) is 10.4. The first kappa shape index (κ1) is 25.2. The van der Waals surface area contributed by atoms with Crippen molar-refractivity contribution in [2.24, 2.45) is 15.9 Å². The molecule has 1 aromatic carbocycles. The van der Waals surface area contributed by atoms with Crippen LogP contribution in [-0.2, 0) is 10.0 Å². The van der Waals surface area contributed by atoms with Crippen LogP contribution in [0, 0.1) is 5.92 Å². The normalized spacial score (nSPS) is 23.7. The van der Waals surface area contributed by atoms with E-state index in [4.69, 9.17) is 0 Å². The van der Waals surface area contributed by atoms with Crippen molar-refractivity contribution >= 4 is 39.1 Å². The molecule has 4 bridgehead atoms. The molecule has 0 saturated carbocycles. The molecule has 0 radical (unpaired) electrons. The Hall–Kier alpha value is -2.88. The van der Waals surface area contributed by atoms with E-state index in [9.17, 15) is 13.2 Å². The van der Waals surface area contributed by atoms with Crippen molar-refractivity contribution in [3.63, 3.8) is 0 Å². The number of anilines is 2. The van der Waals surface area contributed by atoms with E-state index in [0.29, 0.717) is 41.9 Å². The van der Waals surface area contributed by atoms with Crippen LogP contribution >= 0.6 is 0 Å². The zero-order valence-corrected chi connectivity index (χ0v) is 21.6. The third-order valence-electron chi connectivity index (χ3n) is 6.51. The van der Waals surface area contributed by atoms with Crippen LogP contribution in [0.4, 0.5) is 11.4 Å². The largest absolute Gasteiger partial charge is 0.371 e. The van der Waals surface area contributed by atoms with Crippen molar-refractivity contribution in [2.45, 2.75) is 58.4 Å². The smallest absolute Gasteiger partial charge is 0.258 e. The predicted molar refractivity (Wildman–Crippen MR) is 142 cm³/mol. The average Bonchev–Trinajstić information content (AvgIpc) is 2.79. The Bertz CT molecular complexity index is 1160. The molecule has 35 heavy (non-hydrogen) atoms. The number of sulfonamides is 1. The predicted octanol–water partition coefficient (Wildman–Crippen LogP) is 3.27. The van der Waals surface area contributed by atoms with E-state index in [1.165, 1.54) is 0 Å². The standard InChI is InChI=1S/C25H36N6O3S/c1-4-35(33,34)30-19-11-12-20-21(15-19)31-14-8-10-18(17-31)9-6-5-7-13-26-24-28-22(27-23(20)32)16-25(2,3)29-24/h5-6,11-12,15,18,30H,4,7-10,13-14,16-17H2,1-3H3,(H2,26,27,28,29,32)/b6-5-. The topological polar surface area (TPSA) is 115 Å². The molecule has 0 aromatic heterocycles. The SMILES string of the molecule is CCS(=O)(=O)Nc1ccc2c(c1)N1CCCC(C/C=C\CCN=C3N=C(CC(C)(C)N3)NC2=O)C1. The van der Waals surface area contributed by atoms with E-state index in [2.05, 4.69) is 56.2 Å². The van der Waals surface area contributed by atoms with Crippen LogP contribution in [0.1, 0.15) is 63.2 Å². The van der Waals surface area contributed by atoms with E-state index in [1.54, 1.807) is 25.1 Å². The summed E-state index contributed by atoms with van der Waals surface area (Å²) in [6.07, 6.45) is 8.90. The first-order valence-corrected chi connectivity index (χ1v) is 14.1. The molecule has 1 fully saturated rings. The average molecular weight is 501 g/mol. The molecule has 0 aliphatic carbocycles. The second-order valence-electron chi connectivity index (χ2n) is 10.1. The first-order chi connectivity index (χ1) is 16.6. The summed E-state index contributed by atoms with van der Waals surface area (Å²) in [6, 6.07) is 5.13. The van der Waals surface area contributed by atoms with Gasteiger partial charge in [0.25, 0.3) is 5.91 Å². The van der Waals surface area contributed by atoms with Gasteiger partial charge in [-0.15, -0.1) is 0 Å². The zero-order valence-electron chi connectivity index (χ0n) is 20.8. The number of hydrogen-bond acceptors (Lipinski definition) is 7. The molecule has 0 spiro atoms. The van der Waals surface area contributed by atoms with Crippen LogP contribution in [0.5, 0.6) is 0 Å². The van der Waals surface area contributed by atoms with Crippen LogP contribution in [0.3, 0.4) is 0 Å². The lowest BCUT2D eigenvalue weighted by atomic mass is 9.93. The number of amides is 1. The molecule has 1 atom stereocenters. The molecule has 3 aliphatic rings. The Balaban J connectivity index is 1.73. The molecular weight excluding hydrogens is 464 g/mol. The molecule has 1 aromatic rings. The van der Waals surface area contributed by atoms with Gasteiger partial charge in [0.1, 0.15) is 5.84 Å². The summed E-state index contributed by atoms with van der Waals surface area (Å²) >= 11 is 0. The van der Waals surface area contributed by atoms with E-state index >= 15 is 0 Å². The lowest BCUT2D eigenvalue weighted by Gasteiger charge is -2.36. The summed E-state index contributed by atoms with van der Waals surface area (Å²) in [5, 5.41) is 6.35. The lowest BCUT2D eigenvalue weighted by molar-refractivity contribution is 0.0976. The third kappa shape index (κ3) is 6.62. The molecule has 3 N–H and O–H groups in total.